The Morgan fingerprint density at radius 3 is 2.57 bits per heavy atom. The second kappa shape index (κ2) is 6.31. The Balaban J connectivity index is 2.57. The zero-order chi connectivity index (χ0) is 15.4. The molecular weight excluding hydrogens is 266 g/mol. The Hall–Kier alpha value is -2.49. The summed E-state index contributed by atoms with van der Waals surface area (Å²) in [6, 6.07) is 13.0. The van der Waals surface area contributed by atoms with Crippen LogP contribution in [0.2, 0.25) is 0 Å². The van der Waals surface area contributed by atoms with Crippen molar-refractivity contribution in [3.8, 4) is 5.75 Å². The van der Waals surface area contributed by atoms with E-state index >= 15 is 0 Å². The molecule has 21 heavy (non-hydrogen) atoms. The van der Waals surface area contributed by atoms with Crippen LogP contribution in [0.4, 0.5) is 11.4 Å². The maximum absolute atomic E-state index is 11.5. The number of aromatic carboxylic acids is 1. The molecule has 0 saturated carbocycles. The van der Waals surface area contributed by atoms with Crippen LogP contribution in [0.1, 0.15) is 22.8 Å². The molecule has 0 heterocycles. The number of aryl methyl sites for hydroxylation is 1. The van der Waals surface area contributed by atoms with Gasteiger partial charge in [-0.05, 0) is 43.7 Å². The Morgan fingerprint density at radius 1 is 1.24 bits per heavy atom. The van der Waals surface area contributed by atoms with Crippen molar-refractivity contribution in [3.63, 3.8) is 0 Å². The first-order valence-electron chi connectivity index (χ1n) is 6.82. The molecule has 0 spiro atoms. The second-order valence-corrected chi connectivity index (χ2v) is 4.77. The lowest BCUT2D eigenvalue weighted by Gasteiger charge is -2.25. The topological polar surface area (TPSA) is 49.8 Å². The van der Waals surface area contributed by atoms with E-state index in [1.807, 2.05) is 43.0 Å². The smallest absolute Gasteiger partial charge is 0.337 e. The lowest BCUT2D eigenvalue weighted by molar-refractivity contribution is 0.0697. The average Bonchev–Trinajstić information content (AvgIpc) is 2.47. The van der Waals surface area contributed by atoms with E-state index in [-0.39, 0.29) is 5.56 Å². The molecule has 2 aromatic carbocycles. The number of nitrogens with zero attached hydrogens (tertiary/aromatic N) is 1. The molecule has 110 valence electrons. The van der Waals surface area contributed by atoms with E-state index in [2.05, 4.69) is 0 Å². The number of carbonyl (C=O) groups is 1. The first-order valence-corrected chi connectivity index (χ1v) is 6.82. The fourth-order valence-corrected chi connectivity index (χ4v) is 2.33. The molecule has 4 nitrogen and oxygen atoms in total. The summed E-state index contributed by atoms with van der Waals surface area (Å²) >= 11 is 0. The molecule has 0 bridgehead atoms. The Labute approximate surface area is 124 Å². The minimum atomic E-state index is -0.946. The van der Waals surface area contributed by atoms with Crippen molar-refractivity contribution < 1.29 is 14.6 Å². The van der Waals surface area contributed by atoms with E-state index in [0.717, 1.165) is 11.3 Å². The number of hydrogen-bond donors (Lipinski definition) is 1. The fourth-order valence-electron chi connectivity index (χ4n) is 2.33. The molecule has 1 N–H and O–H groups in total. The number of methoxy groups -OCH3 is 1. The highest BCUT2D eigenvalue weighted by Crippen LogP contribution is 2.32. The van der Waals surface area contributed by atoms with Gasteiger partial charge in [0.2, 0.25) is 0 Å². The summed E-state index contributed by atoms with van der Waals surface area (Å²) in [6.07, 6.45) is 0. The molecule has 0 aromatic heterocycles. The lowest BCUT2D eigenvalue weighted by Crippen LogP contribution is -2.19. The molecule has 2 aromatic rings. The van der Waals surface area contributed by atoms with Crippen molar-refractivity contribution in [3.05, 3.63) is 53.6 Å². The van der Waals surface area contributed by atoms with Gasteiger partial charge in [0, 0.05) is 18.3 Å². The average molecular weight is 285 g/mol. The molecular formula is C17H19NO3. The SMILES string of the molecule is CCN(c1cccc(C)c1)c1cc(OC)ccc1C(=O)O. The van der Waals surface area contributed by atoms with Crippen LogP contribution in [0.25, 0.3) is 0 Å². The van der Waals surface area contributed by atoms with Gasteiger partial charge in [-0.1, -0.05) is 12.1 Å². The molecule has 0 saturated heterocycles. The first kappa shape index (κ1) is 14.9. The van der Waals surface area contributed by atoms with Crippen LogP contribution >= 0.6 is 0 Å². The summed E-state index contributed by atoms with van der Waals surface area (Å²) in [4.78, 5) is 13.4. The summed E-state index contributed by atoms with van der Waals surface area (Å²) < 4.78 is 5.22. The third kappa shape index (κ3) is 3.16. The van der Waals surface area contributed by atoms with Crippen molar-refractivity contribution in [1.29, 1.82) is 0 Å². The van der Waals surface area contributed by atoms with Gasteiger partial charge in [-0.2, -0.15) is 0 Å². The van der Waals surface area contributed by atoms with Crippen molar-refractivity contribution in [1.82, 2.24) is 0 Å². The Kier molecular flexibility index (Phi) is 4.48. The highest BCUT2D eigenvalue weighted by molar-refractivity contribution is 5.96. The molecule has 0 aliphatic rings. The fraction of sp³-hybridized carbons (Fsp3) is 0.235. The second-order valence-electron chi connectivity index (χ2n) is 4.77. The highest BCUT2D eigenvalue weighted by Gasteiger charge is 2.17. The zero-order valence-electron chi connectivity index (χ0n) is 12.5. The standard InChI is InChI=1S/C17H19NO3/c1-4-18(13-7-5-6-12(2)10-13)16-11-14(21-3)8-9-15(16)17(19)20/h5-11H,4H2,1-3H3,(H,19,20). The minimum Gasteiger partial charge on any atom is -0.497 e. The lowest BCUT2D eigenvalue weighted by atomic mass is 10.1. The molecule has 4 heteroatoms. The van der Waals surface area contributed by atoms with Gasteiger partial charge in [0.15, 0.2) is 0 Å². The molecule has 0 radical (unpaired) electrons. The summed E-state index contributed by atoms with van der Waals surface area (Å²) in [5.74, 6) is -0.306. The van der Waals surface area contributed by atoms with Crippen LogP contribution < -0.4 is 9.64 Å². The molecule has 0 atom stereocenters. The number of carboxylic acids is 1. The third-order valence-electron chi connectivity index (χ3n) is 3.36. The van der Waals surface area contributed by atoms with E-state index in [1.165, 1.54) is 0 Å². The minimum absolute atomic E-state index is 0.263. The number of anilines is 2. The Bertz CT molecular complexity index is 652. The maximum Gasteiger partial charge on any atom is 0.337 e. The van der Waals surface area contributed by atoms with E-state index in [1.54, 1.807) is 25.3 Å². The summed E-state index contributed by atoms with van der Waals surface area (Å²) in [7, 11) is 1.57. The third-order valence-corrected chi connectivity index (χ3v) is 3.36. The number of rotatable bonds is 5. The van der Waals surface area contributed by atoms with Gasteiger partial charge in [-0.15, -0.1) is 0 Å². The van der Waals surface area contributed by atoms with Crippen LogP contribution in [0.5, 0.6) is 5.75 Å². The van der Waals surface area contributed by atoms with Gasteiger partial charge >= 0.3 is 5.97 Å². The summed E-state index contributed by atoms with van der Waals surface area (Å²) in [5, 5.41) is 9.41. The molecule has 0 unspecified atom stereocenters. The normalized spacial score (nSPS) is 10.2. The van der Waals surface area contributed by atoms with E-state index < -0.39 is 5.97 Å². The van der Waals surface area contributed by atoms with E-state index in [4.69, 9.17) is 4.74 Å². The summed E-state index contributed by atoms with van der Waals surface area (Å²) in [6.45, 7) is 4.67. The van der Waals surface area contributed by atoms with Gasteiger partial charge in [-0.25, -0.2) is 4.79 Å². The molecule has 0 fully saturated rings. The van der Waals surface area contributed by atoms with Crippen LogP contribution in [0.3, 0.4) is 0 Å². The van der Waals surface area contributed by atoms with Crippen molar-refractivity contribution >= 4 is 17.3 Å². The van der Waals surface area contributed by atoms with E-state index in [0.29, 0.717) is 18.0 Å². The number of hydrogen-bond acceptors (Lipinski definition) is 3. The van der Waals surface area contributed by atoms with Crippen molar-refractivity contribution in [2.24, 2.45) is 0 Å². The molecule has 2 rings (SSSR count). The van der Waals surface area contributed by atoms with E-state index in [9.17, 15) is 9.90 Å². The number of ether oxygens (including phenoxy) is 1. The number of carboxylic acid groups (broad SMARTS) is 1. The van der Waals surface area contributed by atoms with Gasteiger partial charge in [0.1, 0.15) is 5.75 Å². The van der Waals surface area contributed by atoms with Crippen LogP contribution in [0.15, 0.2) is 42.5 Å². The predicted molar refractivity (Wildman–Crippen MR) is 83.8 cm³/mol. The van der Waals surface area contributed by atoms with Crippen molar-refractivity contribution in [2.75, 3.05) is 18.6 Å². The van der Waals surface area contributed by atoms with Gasteiger partial charge in [0.25, 0.3) is 0 Å². The van der Waals surface area contributed by atoms with Crippen LogP contribution in [-0.4, -0.2) is 24.7 Å². The van der Waals surface area contributed by atoms with Gasteiger partial charge < -0.3 is 14.7 Å². The van der Waals surface area contributed by atoms with Gasteiger partial charge in [0.05, 0.1) is 18.4 Å². The molecule has 0 aliphatic carbocycles. The highest BCUT2D eigenvalue weighted by atomic mass is 16.5. The Morgan fingerprint density at radius 2 is 2.00 bits per heavy atom. The quantitative estimate of drug-likeness (QED) is 0.906. The maximum atomic E-state index is 11.5. The molecule has 0 amide bonds. The predicted octanol–water partition coefficient (Wildman–Crippen LogP) is 3.86. The largest absolute Gasteiger partial charge is 0.497 e. The molecule has 0 aliphatic heterocycles. The van der Waals surface area contributed by atoms with Crippen LogP contribution in [0, 0.1) is 6.92 Å². The van der Waals surface area contributed by atoms with Gasteiger partial charge in [-0.3, -0.25) is 0 Å². The number of benzene rings is 2. The first-order chi connectivity index (χ1) is 10.1. The van der Waals surface area contributed by atoms with Crippen LogP contribution in [-0.2, 0) is 0 Å². The monoisotopic (exact) mass is 285 g/mol. The summed E-state index contributed by atoms with van der Waals surface area (Å²) in [5.41, 5.74) is 2.99. The van der Waals surface area contributed by atoms with Crippen molar-refractivity contribution in [2.45, 2.75) is 13.8 Å². The zero-order valence-corrected chi connectivity index (χ0v) is 12.5.